The number of hydrogen-bond donors (Lipinski definition) is 2. The third-order valence-electron chi connectivity index (χ3n) is 2.32. The number of carbonyl (C=O) groups is 1. The minimum absolute atomic E-state index is 0.176. The zero-order chi connectivity index (χ0) is 14.4. The predicted molar refractivity (Wildman–Crippen MR) is 67.7 cm³/mol. The second kappa shape index (κ2) is 6.94. The first kappa shape index (κ1) is 14.4. The van der Waals surface area contributed by atoms with Gasteiger partial charge in [-0.15, -0.1) is 22.0 Å². The van der Waals surface area contributed by atoms with E-state index in [4.69, 9.17) is 0 Å². The number of benzene rings is 1. The van der Waals surface area contributed by atoms with Gasteiger partial charge >= 0.3 is 0 Å². The molecule has 0 saturated carbocycles. The third-order valence-corrected chi connectivity index (χ3v) is 3.32. The maximum atomic E-state index is 13.0. The molecule has 0 unspecified atom stereocenters. The Morgan fingerprint density at radius 2 is 2.20 bits per heavy atom. The van der Waals surface area contributed by atoms with E-state index in [1.807, 2.05) is 0 Å². The Hall–Kier alpha value is -2.03. The monoisotopic (exact) mass is 299 g/mol. The molecule has 106 valence electrons. The summed E-state index contributed by atoms with van der Waals surface area (Å²) < 4.78 is 25.7. The Morgan fingerprint density at radius 3 is 2.90 bits per heavy atom. The molecule has 0 aliphatic carbocycles. The summed E-state index contributed by atoms with van der Waals surface area (Å²) in [6.45, 7) is 0.200. The lowest BCUT2D eigenvalue weighted by Crippen LogP contribution is -2.23. The van der Waals surface area contributed by atoms with Gasteiger partial charge in [0.05, 0.1) is 6.54 Å². The standard InChI is InChI=1S/C11H11F2N5OS/c12-8-2-1-7(5-9(8)13)20-4-3-11(19)14-6-10-15-17-18-16-10/h1-2,5H,3-4,6H2,(H,14,19)(H,15,16,17,18). The van der Waals surface area contributed by atoms with Crippen LogP contribution in [0.15, 0.2) is 23.1 Å². The molecule has 2 N–H and O–H groups in total. The summed E-state index contributed by atoms with van der Waals surface area (Å²) in [7, 11) is 0. The highest BCUT2D eigenvalue weighted by atomic mass is 32.2. The summed E-state index contributed by atoms with van der Waals surface area (Å²) in [6, 6.07) is 3.64. The van der Waals surface area contributed by atoms with E-state index in [1.54, 1.807) is 0 Å². The number of rotatable bonds is 6. The SMILES string of the molecule is O=C(CCSc1ccc(F)c(F)c1)NCc1nn[nH]n1. The molecule has 0 radical (unpaired) electrons. The van der Waals surface area contributed by atoms with Crippen LogP contribution in [0.3, 0.4) is 0 Å². The summed E-state index contributed by atoms with van der Waals surface area (Å²) in [6.07, 6.45) is 0.252. The van der Waals surface area contributed by atoms with Crippen LogP contribution in [0.25, 0.3) is 0 Å². The highest BCUT2D eigenvalue weighted by Crippen LogP contribution is 2.20. The van der Waals surface area contributed by atoms with Crippen molar-refractivity contribution >= 4 is 17.7 Å². The Bertz CT molecular complexity index is 578. The van der Waals surface area contributed by atoms with Crippen molar-refractivity contribution in [2.75, 3.05) is 5.75 Å². The topological polar surface area (TPSA) is 83.6 Å². The van der Waals surface area contributed by atoms with Crippen molar-refractivity contribution in [2.45, 2.75) is 17.9 Å². The molecule has 1 amide bonds. The Balaban J connectivity index is 1.69. The maximum absolute atomic E-state index is 13.0. The maximum Gasteiger partial charge on any atom is 0.221 e. The average Bonchev–Trinajstić information content (AvgIpc) is 2.94. The molecule has 0 spiro atoms. The molecular formula is C11H11F2N5OS. The summed E-state index contributed by atoms with van der Waals surface area (Å²) in [5.41, 5.74) is 0. The number of nitrogens with one attached hydrogen (secondary N) is 2. The Labute approximate surface area is 117 Å². The summed E-state index contributed by atoms with van der Waals surface area (Å²) in [5.74, 6) is -1.09. The molecule has 0 fully saturated rings. The van der Waals surface area contributed by atoms with E-state index in [1.165, 1.54) is 17.8 Å². The van der Waals surface area contributed by atoms with Crippen LogP contribution in [-0.4, -0.2) is 32.3 Å². The van der Waals surface area contributed by atoms with E-state index < -0.39 is 11.6 Å². The highest BCUT2D eigenvalue weighted by molar-refractivity contribution is 7.99. The van der Waals surface area contributed by atoms with E-state index in [9.17, 15) is 13.6 Å². The van der Waals surface area contributed by atoms with Gasteiger partial charge in [-0.2, -0.15) is 5.21 Å². The van der Waals surface area contributed by atoms with Gasteiger partial charge in [-0.1, -0.05) is 5.21 Å². The van der Waals surface area contributed by atoms with Gasteiger partial charge in [-0.05, 0) is 18.2 Å². The van der Waals surface area contributed by atoms with Crippen LogP contribution in [0.4, 0.5) is 8.78 Å². The lowest BCUT2D eigenvalue weighted by atomic mass is 10.3. The minimum atomic E-state index is -0.892. The molecule has 1 aromatic carbocycles. The Kier molecular flexibility index (Phi) is 4.99. The molecule has 0 aliphatic heterocycles. The lowest BCUT2D eigenvalue weighted by molar-refractivity contribution is -0.120. The number of hydrogen-bond acceptors (Lipinski definition) is 5. The van der Waals surface area contributed by atoms with Gasteiger partial charge in [-0.3, -0.25) is 4.79 Å². The molecule has 20 heavy (non-hydrogen) atoms. The molecule has 6 nitrogen and oxygen atoms in total. The largest absolute Gasteiger partial charge is 0.349 e. The van der Waals surface area contributed by atoms with Crippen molar-refractivity contribution in [3.05, 3.63) is 35.7 Å². The van der Waals surface area contributed by atoms with Crippen molar-refractivity contribution < 1.29 is 13.6 Å². The molecule has 0 bridgehead atoms. The molecule has 0 aliphatic rings. The van der Waals surface area contributed by atoms with Crippen LogP contribution in [0.5, 0.6) is 0 Å². The zero-order valence-electron chi connectivity index (χ0n) is 10.3. The van der Waals surface area contributed by atoms with Crippen LogP contribution in [0, 0.1) is 11.6 Å². The normalized spacial score (nSPS) is 10.5. The first-order valence-electron chi connectivity index (χ1n) is 5.72. The number of aromatic amines is 1. The number of H-pyrrole nitrogens is 1. The number of tetrazole rings is 1. The first-order chi connectivity index (χ1) is 9.65. The molecule has 2 aromatic rings. The molecule has 1 aromatic heterocycles. The number of aromatic nitrogens is 4. The number of carbonyl (C=O) groups excluding carboxylic acids is 1. The minimum Gasteiger partial charge on any atom is -0.349 e. The van der Waals surface area contributed by atoms with Gasteiger partial charge in [0.2, 0.25) is 5.91 Å². The number of thioether (sulfide) groups is 1. The van der Waals surface area contributed by atoms with Crippen LogP contribution in [0.2, 0.25) is 0 Å². The lowest BCUT2D eigenvalue weighted by Gasteiger charge is -2.03. The molecule has 0 saturated heterocycles. The van der Waals surface area contributed by atoms with Gasteiger partial charge in [0.25, 0.3) is 0 Å². The predicted octanol–water partition coefficient (Wildman–Crippen LogP) is 1.28. The van der Waals surface area contributed by atoms with Crippen LogP contribution < -0.4 is 5.32 Å². The zero-order valence-corrected chi connectivity index (χ0v) is 11.1. The average molecular weight is 299 g/mol. The number of nitrogens with zero attached hydrogens (tertiary/aromatic N) is 3. The molecule has 1 heterocycles. The van der Waals surface area contributed by atoms with Crippen molar-refractivity contribution in [3.8, 4) is 0 Å². The van der Waals surface area contributed by atoms with Crippen LogP contribution in [0.1, 0.15) is 12.2 Å². The van der Waals surface area contributed by atoms with E-state index in [0.717, 1.165) is 12.1 Å². The molecule has 0 atom stereocenters. The second-order valence-electron chi connectivity index (χ2n) is 3.78. The van der Waals surface area contributed by atoms with E-state index in [2.05, 4.69) is 25.9 Å². The highest BCUT2D eigenvalue weighted by Gasteiger charge is 2.06. The quantitative estimate of drug-likeness (QED) is 0.785. The molecule has 9 heteroatoms. The second-order valence-corrected chi connectivity index (χ2v) is 4.95. The smallest absolute Gasteiger partial charge is 0.221 e. The van der Waals surface area contributed by atoms with Crippen LogP contribution in [-0.2, 0) is 11.3 Å². The third kappa shape index (κ3) is 4.26. The number of amides is 1. The van der Waals surface area contributed by atoms with Crippen molar-refractivity contribution in [3.63, 3.8) is 0 Å². The fourth-order valence-corrected chi connectivity index (χ4v) is 2.23. The summed E-state index contributed by atoms with van der Waals surface area (Å²) >= 11 is 1.28. The van der Waals surface area contributed by atoms with Crippen molar-refractivity contribution in [1.29, 1.82) is 0 Å². The molecule has 2 rings (SSSR count). The fourth-order valence-electron chi connectivity index (χ4n) is 1.35. The van der Waals surface area contributed by atoms with Crippen LogP contribution >= 0.6 is 11.8 Å². The Morgan fingerprint density at radius 1 is 1.35 bits per heavy atom. The van der Waals surface area contributed by atoms with Crippen molar-refractivity contribution in [1.82, 2.24) is 25.9 Å². The van der Waals surface area contributed by atoms with Gasteiger partial charge in [0.15, 0.2) is 17.5 Å². The molecular weight excluding hydrogens is 288 g/mol. The van der Waals surface area contributed by atoms with E-state index in [-0.39, 0.29) is 18.9 Å². The fraction of sp³-hybridized carbons (Fsp3) is 0.273. The summed E-state index contributed by atoms with van der Waals surface area (Å²) in [4.78, 5) is 12.1. The van der Waals surface area contributed by atoms with Crippen molar-refractivity contribution in [2.24, 2.45) is 0 Å². The summed E-state index contributed by atoms with van der Waals surface area (Å²) in [5, 5.41) is 15.6. The van der Waals surface area contributed by atoms with Gasteiger partial charge in [-0.25, -0.2) is 8.78 Å². The van der Waals surface area contributed by atoms with E-state index in [0.29, 0.717) is 16.5 Å². The first-order valence-corrected chi connectivity index (χ1v) is 6.70. The van der Waals surface area contributed by atoms with Gasteiger partial charge in [0, 0.05) is 17.1 Å². The van der Waals surface area contributed by atoms with E-state index >= 15 is 0 Å². The van der Waals surface area contributed by atoms with Gasteiger partial charge in [0.1, 0.15) is 0 Å². The number of halogens is 2. The van der Waals surface area contributed by atoms with Gasteiger partial charge < -0.3 is 5.32 Å².